The molecule has 0 amide bonds. The molecule has 1 N–H and O–H groups in total. The Labute approximate surface area is 116 Å². The minimum atomic E-state index is -0.365. The van der Waals surface area contributed by atoms with Gasteiger partial charge in [-0.1, -0.05) is 6.07 Å². The number of rotatable bonds is 5. The number of hydrogen-bond acceptors (Lipinski definition) is 4. The van der Waals surface area contributed by atoms with Crippen LogP contribution in [0.2, 0.25) is 0 Å². The molecule has 0 aliphatic rings. The molecule has 1 heterocycles. The molecule has 0 saturated heterocycles. The number of methoxy groups -OCH3 is 2. The number of halogens is 1. The van der Waals surface area contributed by atoms with Crippen LogP contribution in [0.3, 0.4) is 0 Å². The summed E-state index contributed by atoms with van der Waals surface area (Å²) in [6, 6.07) is 6.77. The maximum absolute atomic E-state index is 13.8. The van der Waals surface area contributed by atoms with Crippen LogP contribution in [-0.4, -0.2) is 21.3 Å². The van der Waals surface area contributed by atoms with Gasteiger partial charge < -0.3 is 14.8 Å². The van der Waals surface area contributed by atoms with E-state index in [4.69, 9.17) is 9.47 Å². The van der Waals surface area contributed by atoms with Gasteiger partial charge in [0.05, 0.1) is 25.1 Å². The molecule has 0 bridgehead atoms. The molecule has 3 nitrogen and oxygen atoms in total. The van der Waals surface area contributed by atoms with E-state index in [1.165, 1.54) is 13.2 Å². The summed E-state index contributed by atoms with van der Waals surface area (Å²) in [5.74, 6) is 0.688. The maximum Gasteiger partial charge on any atom is 0.165 e. The summed E-state index contributed by atoms with van der Waals surface area (Å²) in [6.45, 7) is 0. The second kappa shape index (κ2) is 6.04. The van der Waals surface area contributed by atoms with Crippen LogP contribution in [-0.2, 0) is 0 Å². The molecular formula is C14H16FNO2S. The Morgan fingerprint density at radius 3 is 2.47 bits per heavy atom. The lowest BCUT2D eigenvalue weighted by Gasteiger charge is -2.17. The van der Waals surface area contributed by atoms with Crippen LogP contribution in [0.15, 0.2) is 29.6 Å². The van der Waals surface area contributed by atoms with Crippen molar-refractivity contribution in [2.75, 3.05) is 21.3 Å². The molecule has 0 aliphatic carbocycles. The summed E-state index contributed by atoms with van der Waals surface area (Å²) in [6.07, 6.45) is 0. The molecule has 19 heavy (non-hydrogen) atoms. The molecule has 1 unspecified atom stereocenters. The van der Waals surface area contributed by atoms with E-state index in [0.717, 1.165) is 16.2 Å². The Morgan fingerprint density at radius 2 is 1.89 bits per heavy atom. The molecule has 2 aromatic rings. The topological polar surface area (TPSA) is 30.5 Å². The van der Waals surface area contributed by atoms with E-state index in [9.17, 15) is 4.39 Å². The van der Waals surface area contributed by atoms with Crippen LogP contribution in [0.1, 0.15) is 16.5 Å². The average Bonchev–Trinajstić information content (AvgIpc) is 2.88. The zero-order valence-corrected chi connectivity index (χ0v) is 11.9. The van der Waals surface area contributed by atoms with Crippen molar-refractivity contribution < 1.29 is 13.9 Å². The SMILES string of the molecule is CNC(c1ccc(OC)c(F)c1)c1sccc1OC. The first-order chi connectivity index (χ1) is 9.21. The zero-order chi connectivity index (χ0) is 13.8. The third-order valence-corrected chi connectivity index (χ3v) is 3.90. The number of benzene rings is 1. The summed E-state index contributed by atoms with van der Waals surface area (Å²) in [7, 11) is 4.93. The van der Waals surface area contributed by atoms with E-state index < -0.39 is 0 Å². The Hall–Kier alpha value is -1.59. The van der Waals surface area contributed by atoms with E-state index >= 15 is 0 Å². The minimum absolute atomic E-state index is 0.102. The molecule has 0 aliphatic heterocycles. The first kappa shape index (κ1) is 13.8. The van der Waals surface area contributed by atoms with Crippen molar-refractivity contribution in [3.8, 4) is 11.5 Å². The van der Waals surface area contributed by atoms with E-state index in [-0.39, 0.29) is 17.6 Å². The largest absolute Gasteiger partial charge is 0.496 e. The Balaban J connectivity index is 2.40. The number of ether oxygens (including phenoxy) is 2. The van der Waals surface area contributed by atoms with Crippen LogP contribution in [0.4, 0.5) is 4.39 Å². The number of nitrogens with one attached hydrogen (secondary N) is 1. The van der Waals surface area contributed by atoms with Gasteiger partial charge in [0.1, 0.15) is 5.75 Å². The molecule has 1 atom stereocenters. The van der Waals surface area contributed by atoms with Gasteiger partial charge in [0.15, 0.2) is 11.6 Å². The molecule has 5 heteroatoms. The second-order valence-electron chi connectivity index (χ2n) is 3.97. The zero-order valence-electron chi connectivity index (χ0n) is 11.1. The molecule has 1 aromatic carbocycles. The minimum Gasteiger partial charge on any atom is -0.496 e. The van der Waals surface area contributed by atoms with Gasteiger partial charge in [-0.3, -0.25) is 0 Å². The van der Waals surface area contributed by atoms with Crippen LogP contribution in [0.5, 0.6) is 11.5 Å². The fourth-order valence-corrected chi connectivity index (χ4v) is 3.00. The highest BCUT2D eigenvalue weighted by molar-refractivity contribution is 7.10. The molecule has 102 valence electrons. The first-order valence-corrected chi connectivity index (χ1v) is 6.71. The number of thiophene rings is 1. The van der Waals surface area contributed by atoms with Gasteiger partial charge in [-0.05, 0) is 36.2 Å². The van der Waals surface area contributed by atoms with Gasteiger partial charge in [0.25, 0.3) is 0 Å². The molecule has 2 rings (SSSR count). The molecule has 0 fully saturated rings. The monoisotopic (exact) mass is 281 g/mol. The smallest absolute Gasteiger partial charge is 0.165 e. The second-order valence-corrected chi connectivity index (χ2v) is 4.92. The standard InChI is InChI=1S/C14H16FNO2S/c1-16-13(14-12(18-3)6-7-19-14)9-4-5-11(17-2)10(15)8-9/h4-8,13,16H,1-3H3. The van der Waals surface area contributed by atoms with Gasteiger partial charge in [0, 0.05) is 0 Å². The molecular weight excluding hydrogens is 265 g/mol. The van der Waals surface area contributed by atoms with Crippen molar-refractivity contribution in [1.82, 2.24) is 5.32 Å². The van der Waals surface area contributed by atoms with Gasteiger partial charge in [-0.25, -0.2) is 4.39 Å². The fraction of sp³-hybridized carbons (Fsp3) is 0.286. The molecule has 1 aromatic heterocycles. The van der Waals surface area contributed by atoms with Crippen LogP contribution in [0, 0.1) is 5.82 Å². The van der Waals surface area contributed by atoms with Gasteiger partial charge in [-0.2, -0.15) is 0 Å². The van der Waals surface area contributed by atoms with Crippen LogP contribution >= 0.6 is 11.3 Å². The quantitative estimate of drug-likeness (QED) is 0.913. The van der Waals surface area contributed by atoms with Gasteiger partial charge >= 0.3 is 0 Å². The third-order valence-electron chi connectivity index (χ3n) is 2.94. The Bertz CT molecular complexity index is 556. The van der Waals surface area contributed by atoms with Crippen molar-refractivity contribution in [3.05, 3.63) is 45.9 Å². The van der Waals surface area contributed by atoms with E-state index in [1.54, 1.807) is 24.5 Å². The summed E-state index contributed by atoms with van der Waals surface area (Å²) in [5.41, 5.74) is 0.835. The Kier molecular flexibility index (Phi) is 4.39. The molecule has 0 radical (unpaired) electrons. The molecule has 0 saturated carbocycles. The van der Waals surface area contributed by atoms with Crippen LogP contribution in [0.25, 0.3) is 0 Å². The Morgan fingerprint density at radius 1 is 1.16 bits per heavy atom. The lowest BCUT2D eigenvalue weighted by molar-refractivity contribution is 0.385. The van der Waals surface area contributed by atoms with E-state index in [0.29, 0.717) is 0 Å². The van der Waals surface area contributed by atoms with Crippen molar-refractivity contribution in [3.63, 3.8) is 0 Å². The lowest BCUT2D eigenvalue weighted by Crippen LogP contribution is -2.17. The average molecular weight is 281 g/mol. The summed E-state index contributed by atoms with van der Waals surface area (Å²) in [5, 5.41) is 5.14. The van der Waals surface area contributed by atoms with E-state index in [2.05, 4.69) is 5.32 Å². The van der Waals surface area contributed by atoms with Crippen LogP contribution < -0.4 is 14.8 Å². The highest BCUT2D eigenvalue weighted by atomic mass is 32.1. The molecule has 0 spiro atoms. The predicted octanol–water partition coefficient (Wildman–Crippen LogP) is 3.21. The fourth-order valence-electron chi connectivity index (χ4n) is 2.00. The number of hydrogen-bond donors (Lipinski definition) is 1. The van der Waals surface area contributed by atoms with Crippen molar-refractivity contribution in [2.45, 2.75) is 6.04 Å². The normalized spacial score (nSPS) is 12.2. The van der Waals surface area contributed by atoms with E-state index in [1.807, 2.05) is 24.6 Å². The van der Waals surface area contributed by atoms with Crippen molar-refractivity contribution in [1.29, 1.82) is 0 Å². The third kappa shape index (κ3) is 2.72. The van der Waals surface area contributed by atoms with Crippen molar-refractivity contribution >= 4 is 11.3 Å². The highest BCUT2D eigenvalue weighted by Gasteiger charge is 2.19. The first-order valence-electron chi connectivity index (χ1n) is 5.83. The highest BCUT2D eigenvalue weighted by Crippen LogP contribution is 2.35. The maximum atomic E-state index is 13.8. The van der Waals surface area contributed by atoms with Gasteiger partial charge in [0.2, 0.25) is 0 Å². The summed E-state index contributed by atoms with van der Waals surface area (Å²) >= 11 is 1.58. The van der Waals surface area contributed by atoms with Gasteiger partial charge in [-0.15, -0.1) is 11.3 Å². The van der Waals surface area contributed by atoms with Crippen molar-refractivity contribution in [2.24, 2.45) is 0 Å². The summed E-state index contributed by atoms with van der Waals surface area (Å²) < 4.78 is 24.0. The summed E-state index contributed by atoms with van der Waals surface area (Å²) in [4.78, 5) is 1.02. The lowest BCUT2D eigenvalue weighted by atomic mass is 10.0. The predicted molar refractivity (Wildman–Crippen MR) is 74.7 cm³/mol.